The Labute approximate surface area is 248 Å². The zero-order valence-electron chi connectivity index (χ0n) is 25.7. The van der Waals surface area contributed by atoms with Crippen molar-refractivity contribution in [1.29, 1.82) is 0 Å². The van der Waals surface area contributed by atoms with Crippen molar-refractivity contribution in [3.8, 4) is 0 Å². The number of nitrogens with zero attached hydrogens (tertiary/aromatic N) is 3. The molecule has 41 heavy (non-hydrogen) atoms. The number of hydrogen-bond acceptors (Lipinski definition) is 5. The maximum absolute atomic E-state index is 13.8. The molecule has 0 saturated carbocycles. The van der Waals surface area contributed by atoms with Gasteiger partial charge >= 0.3 is 0 Å². The van der Waals surface area contributed by atoms with Gasteiger partial charge in [-0.1, -0.05) is 86.7 Å². The van der Waals surface area contributed by atoms with Crippen LogP contribution < -0.4 is 10.6 Å². The molecule has 1 aromatic rings. The molecule has 7 heteroatoms. The molecule has 2 aliphatic heterocycles. The van der Waals surface area contributed by atoms with E-state index in [2.05, 4.69) is 84.7 Å². The second-order valence-electron chi connectivity index (χ2n) is 11.2. The van der Waals surface area contributed by atoms with Crippen LogP contribution >= 0.6 is 0 Å². The Morgan fingerprint density at radius 3 is 2.44 bits per heavy atom. The minimum absolute atomic E-state index is 0.0315. The smallest absolute Gasteiger partial charge is 0.245 e. The highest BCUT2D eigenvalue weighted by atomic mass is 16.2. The molecule has 1 fully saturated rings. The lowest BCUT2D eigenvalue weighted by Crippen LogP contribution is -2.56. The molecule has 0 aliphatic carbocycles. The number of nitrogens with one attached hydrogen (secondary N) is 2. The Morgan fingerprint density at radius 2 is 1.83 bits per heavy atom. The SMILES string of the molecule is C=CC1=C(C)CCNC1CC(=O)NC(CC(=C)C=CC)C(=O)N1CCN(C(CN(CC)CC)c2ccccc2)CC1. The average molecular weight is 562 g/mol. The van der Waals surface area contributed by atoms with Crippen molar-refractivity contribution in [2.75, 3.05) is 52.4 Å². The van der Waals surface area contributed by atoms with E-state index in [1.807, 2.05) is 30.1 Å². The van der Waals surface area contributed by atoms with Gasteiger partial charge in [-0.25, -0.2) is 0 Å². The van der Waals surface area contributed by atoms with Crippen LogP contribution in [0.5, 0.6) is 0 Å². The van der Waals surface area contributed by atoms with Gasteiger partial charge in [-0.3, -0.25) is 14.5 Å². The predicted molar refractivity (Wildman–Crippen MR) is 170 cm³/mol. The lowest BCUT2D eigenvalue weighted by Gasteiger charge is -2.42. The average Bonchev–Trinajstić information content (AvgIpc) is 2.98. The second-order valence-corrected chi connectivity index (χ2v) is 11.2. The Bertz CT molecular complexity index is 1080. The minimum Gasteiger partial charge on any atom is -0.344 e. The highest BCUT2D eigenvalue weighted by Gasteiger charge is 2.32. The van der Waals surface area contributed by atoms with Crippen molar-refractivity contribution in [1.82, 2.24) is 25.3 Å². The van der Waals surface area contributed by atoms with Crippen molar-refractivity contribution >= 4 is 11.8 Å². The first-order valence-corrected chi connectivity index (χ1v) is 15.3. The monoisotopic (exact) mass is 561 g/mol. The molecule has 0 bridgehead atoms. The number of piperazine rings is 1. The van der Waals surface area contributed by atoms with E-state index in [0.29, 0.717) is 19.5 Å². The molecular formula is C34H51N5O2. The van der Waals surface area contributed by atoms with Crippen molar-refractivity contribution in [2.45, 2.75) is 65.1 Å². The predicted octanol–water partition coefficient (Wildman–Crippen LogP) is 4.48. The molecule has 0 spiro atoms. The van der Waals surface area contributed by atoms with Crippen LogP contribution in [0.3, 0.4) is 0 Å². The molecule has 3 unspecified atom stereocenters. The molecular weight excluding hydrogens is 510 g/mol. The molecule has 3 rings (SSSR count). The molecule has 2 aliphatic rings. The first kappa shape index (κ1) is 32.5. The van der Waals surface area contributed by atoms with Crippen LogP contribution in [0.1, 0.15) is 58.6 Å². The molecule has 1 aromatic carbocycles. The van der Waals surface area contributed by atoms with Crippen molar-refractivity contribution in [3.63, 3.8) is 0 Å². The van der Waals surface area contributed by atoms with E-state index in [9.17, 15) is 9.59 Å². The summed E-state index contributed by atoms with van der Waals surface area (Å²) in [7, 11) is 0. The maximum Gasteiger partial charge on any atom is 0.245 e. The molecule has 7 nitrogen and oxygen atoms in total. The lowest BCUT2D eigenvalue weighted by molar-refractivity contribution is -0.138. The Hall–Kier alpha value is -3.00. The zero-order valence-corrected chi connectivity index (χ0v) is 25.7. The summed E-state index contributed by atoms with van der Waals surface area (Å²) in [5.41, 5.74) is 4.48. The standard InChI is InChI=1S/C34H51N5O2/c1-7-14-26(5)23-31(36-33(40)24-30-29(8-2)27(6)17-18-35-30)34(41)39-21-19-38(20-22-39)32(25-37(9-3)10-4)28-15-12-11-13-16-28/h7-8,11-16,30-32,35H,2,5,9-10,17-25H2,1,3-4,6H3,(H,36,40). The molecule has 0 aromatic heterocycles. The third-order valence-corrected chi connectivity index (χ3v) is 8.45. The number of benzene rings is 1. The molecule has 2 N–H and O–H groups in total. The molecule has 3 atom stereocenters. The van der Waals surface area contributed by atoms with Gasteiger partial charge in [0.2, 0.25) is 11.8 Å². The molecule has 224 valence electrons. The summed E-state index contributed by atoms with van der Waals surface area (Å²) < 4.78 is 0. The van der Waals surface area contributed by atoms with Gasteiger partial charge in [0.15, 0.2) is 0 Å². The van der Waals surface area contributed by atoms with Crippen LogP contribution in [0.2, 0.25) is 0 Å². The summed E-state index contributed by atoms with van der Waals surface area (Å²) >= 11 is 0. The Morgan fingerprint density at radius 1 is 1.15 bits per heavy atom. The Balaban J connectivity index is 1.69. The number of likely N-dealkylation sites (N-methyl/N-ethyl adjacent to an activating group) is 1. The first-order valence-electron chi connectivity index (χ1n) is 15.3. The summed E-state index contributed by atoms with van der Waals surface area (Å²) in [5, 5.41) is 6.51. The van der Waals surface area contributed by atoms with Gasteiger partial charge in [-0.05, 0) is 51.0 Å². The molecule has 2 heterocycles. The summed E-state index contributed by atoms with van der Waals surface area (Å²) in [6.45, 7) is 23.2. The number of amides is 2. The fraction of sp³-hybridized carbons (Fsp3) is 0.529. The zero-order chi connectivity index (χ0) is 29.8. The third kappa shape index (κ3) is 9.25. The van der Waals surface area contributed by atoms with Crippen LogP contribution in [0.4, 0.5) is 0 Å². The normalized spacial score (nSPS) is 19.8. The lowest BCUT2D eigenvalue weighted by atomic mass is 9.93. The maximum atomic E-state index is 13.8. The van der Waals surface area contributed by atoms with Crippen LogP contribution in [0, 0.1) is 0 Å². The van der Waals surface area contributed by atoms with Crippen LogP contribution in [0.25, 0.3) is 0 Å². The molecule has 0 radical (unpaired) electrons. The number of rotatable bonds is 14. The largest absolute Gasteiger partial charge is 0.344 e. The second kappa shape index (κ2) is 16.4. The fourth-order valence-corrected chi connectivity index (χ4v) is 6.00. The van der Waals surface area contributed by atoms with E-state index in [-0.39, 0.29) is 30.3 Å². The van der Waals surface area contributed by atoms with Gasteiger partial charge < -0.3 is 20.4 Å². The van der Waals surface area contributed by atoms with Gasteiger partial charge in [0.05, 0.1) is 0 Å². The van der Waals surface area contributed by atoms with E-state index >= 15 is 0 Å². The summed E-state index contributed by atoms with van der Waals surface area (Å²) in [5.74, 6) is -0.166. The highest BCUT2D eigenvalue weighted by Crippen LogP contribution is 2.24. The summed E-state index contributed by atoms with van der Waals surface area (Å²) in [4.78, 5) is 34.0. The van der Waals surface area contributed by atoms with Gasteiger partial charge in [0.1, 0.15) is 6.04 Å². The molecule has 2 amide bonds. The van der Waals surface area contributed by atoms with Crippen LogP contribution in [-0.2, 0) is 9.59 Å². The summed E-state index contributed by atoms with van der Waals surface area (Å²) in [6, 6.07) is 10.2. The van der Waals surface area contributed by atoms with Crippen molar-refractivity contribution in [2.24, 2.45) is 0 Å². The minimum atomic E-state index is -0.640. The van der Waals surface area contributed by atoms with Crippen molar-refractivity contribution < 1.29 is 9.59 Å². The van der Waals surface area contributed by atoms with Gasteiger partial charge in [-0.2, -0.15) is 0 Å². The van der Waals surface area contributed by atoms with Crippen molar-refractivity contribution in [3.05, 3.63) is 84.0 Å². The third-order valence-electron chi connectivity index (χ3n) is 8.45. The van der Waals surface area contributed by atoms with Crippen LogP contribution in [-0.4, -0.2) is 91.0 Å². The number of carbonyl (C=O) groups is 2. The van der Waals surface area contributed by atoms with E-state index < -0.39 is 6.04 Å². The van der Waals surface area contributed by atoms with Crippen LogP contribution in [0.15, 0.2) is 78.4 Å². The fourth-order valence-electron chi connectivity index (χ4n) is 6.00. The quantitative estimate of drug-likeness (QED) is 0.328. The summed E-state index contributed by atoms with van der Waals surface area (Å²) in [6.07, 6.45) is 7.29. The number of hydrogen-bond donors (Lipinski definition) is 2. The Kier molecular flexibility index (Phi) is 13.0. The van der Waals surface area contributed by atoms with E-state index in [1.54, 1.807) is 0 Å². The number of allylic oxidation sites excluding steroid dienone is 2. The van der Waals surface area contributed by atoms with Gasteiger partial charge in [0.25, 0.3) is 0 Å². The topological polar surface area (TPSA) is 67.9 Å². The molecule has 1 saturated heterocycles. The first-order chi connectivity index (χ1) is 19.8. The van der Waals surface area contributed by atoms with E-state index in [4.69, 9.17) is 0 Å². The number of carbonyl (C=O) groups excluding carboxylic acids is 2. The van der Waals surface area contributed by atoms with E-state index in [0.717, 1.165) is 56.8 Å². The van der Waals surface area contributed by atoms with Gasteiger partial charge in [-0.15, -0.1) is 0 Å². The highest BCUT2D eigenvalue weighted by molar-refractivity contribution is 5.88. The van der Waals surface area contributed by atoms with E-state index in [1.165, 1.54) is 11.1 Å². The van der Waals surface area contributed by atoms with Gasteiger partial charge in [0, 0.05) is 57.6 Å².